The molecule has 0 aromatic carbocycles. The maximum atomic E-state index is 12.0. The summed E-state index contributed by atoms with van der Waals surface area (Å²) in [6.45, 7) is 5.20. The van der Waals surface area contributed by atoms with E-state index < -0.39 is 5.97 Å². The number of carbonyl (C=O) groups excluding carboxylic acids is 2. The number of carbonyl (C=O) groups is 3. The SMILES string of the molecule is CCCNC(=O)CCNC(=O)N1CCC(C(=O)O)CC1C. The van der Waals surface area contributed by atoms with Crippen LogP contribution in [0.3, 0.4) is 0 Å². The van der Waals surface area contributed by atoms with Gasteiger partial charge >= 0.3 is 12.0 Å². The Hall–Kier alpha value is -1.79. The number of nitrogens with zero attached hydrogens (tertiary/aromatic N) is 1. The van der Waals surface area contributed by atoms with Crippen molar-refractivity contribution in [1.29, 1.82) is 0 Å². The summed E-state index contributed by atoms with van der Waals surface area (Å²) >= 11 is 0. The van der Waals surface area contributed by atoms with E-state index in [-0.39, 0.29) is 30.3 Å². The first kappa shape index (κ1) is 17.3. The summed E-state index contributed by atoms with van der Waals surface area (Å²) in [7, 11) is 0. The largest absolute Gasteiger partial charge is 0.481 e. The van der Waals surface area contributed by atoms with Crippen LogP contribution in [-0.4, -0.2) is 53.6 Å². The molecule has 1 aliphatic rings. The summed E-state index contributed by atoms with van der Waals surface area (Å²) in [4.78, 5) is 36.0. The Morgan fingerprint density at radius 2 is 1.95 bits per heavy atom. The second-order valence-electron chi connectivity index (χ2n) is 5.43. The number of amides is 3. The molecule has 1 rings (SSSR count). The Balaban J connectivity index is 2.29. The Bertz CT molecular complexity index is 386. The summed E-state index contributed by atoms with van der Waals surface area (Å²) in [5, 5.41) is 14.4. The predicted octanol–water partition coefficient (Wildman–Crippen LogP) is 0.797. The van der Waals surface area contributed by atoms with Gasteiger partial charge in [0.15, 0.2) is 0 Å². The van der Waals surface area contributed by atoms with E-state index in [1.165, 1.54) is 0 Å². The van der Waals surface area contributed by atoms with Crippen molar-refractivity contribution in [2.24, 2.45) is 5.92 Å². The molecule has 0 aromatic heterocycles. The van der Waals surface area contributed by atoms with Crippen LogP contribution in [0.15, 0.2) is 0 Å². The third-order valence-corrected chi connectivity index (χ3v) is 3.69. The molecule has 1 heterocycles. The van der Waals surface area contributed by atoms with Gasteiger partial charge in [0.2, 0.25) is 5.91 Å². The first-order valence-electron chi connectivity index (χ1n) is 7.49. The quantitative estimate of drug-likeness (QED) is 0.675. The lowest BCUT2D eigenvalue weighted by Crippen LogP contribution is -2.50. The highest BCUT2D eigenvalue weighted by atomic mass is 16.4. The third kappa shape index (κ3) is 5.61. The highest BCUT2D eigenvalue weighted by Crippen LogP contribution is 2.22. The Morgan fingerprint density at radius 1 is 1.24 bits per heavy atom. The van der Waals surface area contributed by atoms with Crippen LogP contribution in [0.5, 0.6) is 0 Å². The van der Waals surface area contributed by atoms with Crippen LogP contribution in [0, 0.1) is 5.92 Å². The lowest BCUT2D eigenvalue weighted by molar-refractivity contribution is -0.143. The van der Waals surface area contributed by atoms with E-state index in [0.29, 0.717) is 32.5 Å². The van der Waals surface area contributed by atoms with Gasteiger partial charge in [-0.15, -0.1) is 0 Å². The molecule has 21 heavy (non-hydrogen) atoms. The molecule has 2 unspecified atom stereocenters. The summed E-state index contributed by atoms with van der Waals surface area (Å²) in [5.41, 5.74) is 0. The lowest BCUT2D eigenvalue weighted by Gasteiger charge is -2.36. The normalized spacial score (nSPS) is 21.7. The maximum Gasteiger partial charge on any atom is 0.317 e. The fourth-order valence-corrected chi connectivity index (χ4v) is 2.44. The van der Waals surface area contributed by atoms with Crippen molar-refractivity contribution < 1.29 is 19.5 Å². The molecule has 7 heteroatoms. The van der Waals surface area contributed by atoms with E-state index >= 15 is 0 Å². The predicted molar refractivity (Wildman–Crippen MR) is 77.8 cm³/mol. The second kappa shape index (κ2) is 8.49. The van der Waals surface area contributed by atoms with E-state index in [9.17, 15) is 14.4 Å². The summed E-state index contributed by atoms with van der Waals surface area (Å²) < 4.78 is 0. The Labute approximate surface area is 125 Å². The van der Waals surface area contributed by atoms with Crippen molar-refractivity contribution >= 4 is 17.9 Å². The van der Waals surface area contributed by atoms with Gasteiger partial charge in [-0.2, -0.15) is 0 Å². The first-order valence-corrected chi connectivity index (χ1v) is 7.49. The number of piperidine rings is 1. The first-order chi connectivity index (χ1) is 9.95. The number of likely N-dealkylation sites (tertiary alicyclic amines) is 1. The van der Waals surface area contributed by atoms with Crippen molar-refractivity contribution in [3.63, 3.8) is 0 Å². The molecule has 7 nitrogen and oxygen atoms in total. The summed E-state index contributed by atoms with van der Waals surface area (Å²) in [6.07, 6.45) is 2.09. The van der Waals surface area contributed by atoms with Gasteiger partial charge in [0.25, 0.3) is 0 Å². The molecule has 120 valence electrons. The molecule has 0 saturated carbocycles. The van der Waals surface area contributed by atoms with Gasteiger partial charge in [0.05, 0.1) is 5.92 Å². The van der Waals surface area contributed by atoms with Crippen molar-refractivity contribution in [3.8, 4) is 0 Å². The zero-order chi connectivity index (χ0) is 15.8. The van der Waals surface area contributed by atoms with E-state index in [0.717, 1.165) is 6.42 Å². The van der Waals surface area contributed by atoms with Gasteiger partial charge < -0.3 is 20.6 Å². The number of hydrogen-bond acceptors (Lipinski definition) is 3. The van der Waals surface area contributed by atoms with Crippen LogP contribution in [0.2, 0.25) is 0 Å². The van der Waals surface area contributed by atoms with Crippen molar-refractivity contribution in [1.82, 2.24) is 15.5 Å². The topological polar surface area (TPSA) is 98.7 Å². The van der Waals surface area contributed by atoms with E-state index in [2.05, 4.69) is 10.6 Å². The standard InChI is InChI=1S/C14H25N3O4/c1-3-6-15-12(18)4-7-16-14(21)17-8-5-11(13(19)20)9-10(17)2/h10-11H,3-9H2,1-2H3,(H,15,18)(H,16,21)(H,19,20). The number of carboxylic acids is 1. The molecule has 1 fully saturated rings. The third-order valence-electron chi connectivity index (χ3n) is 3.69. The number of rotatable bonds is 6. The molecule has 0 spiro atoms. The van der Waals surface area contributed by atoms with Crippen molar-refractivity contribution in [2.45, 2.75) is 45.6 Å². The fourth-order valence-electron chi connectivity index (χ4n) is 2.44. The highest BCUT2D eigenvalue weighted by molar-refractivity contribution is 5.78. The molecule has 1 aliphatic heterocycles. The van der Waals surface area contributed by atoms with E-state index in [1.54, 1.807) is 4.90 Å². The van der Waals surface area contributed by atoms with Gasteiger partial charge in [-0.05, 0) is 26.2 Å². The van der Waals surface area contributed by atoms with Gasteiger partial charge in [-0.3, -0.25) is 9.59 Å². The van der Waals surface area contributed by atoms with E-state index in [1.807, 2.05) is 13.8 Å². The zero-order valence-corrected chi connectivity index (χ0v) is 12.7. The maximum absolute atomic E-state index is 12.0. The minimum atomic E-state index is -0.797. The molecule has 0 bridgehead atoms. The Morgan fingerprint density at radius 3 is 2.52 bits per heavy atom. The molecule has 2 atom stereocenters. The van der Waals surface area contributed by atoms with Crippen LogP contribution >= 0.6 is 0 Å². The molecule has 3 amide bonds. The average Bonchev–Trinajstić information content (AvgIpc) is 2.44. The molecular weight excluding hydrogens is 274 g/mol. The minimum Gasteiger partial charge on any atom is -0.481 e. The highest BCUT2D eigenvalue weighted by Gasteiger charge is 2.32. The zero-order valence-electron chi connectivity index (χ0n) is 12.7. The number of urea groups is 1. The van der Waals surface area contributed by atoms with Gasteiger partial charge in [0, 0.05) is 32.1 Å². The summed E-state index contributed by atoms with van der Waals surface area (Å²) in [6, 6.07) is -0.330. The molecule has 0 radical (unpaired) electrons. The molecule has 3 N–H and O–H groups in total. The van der Waals surface area contributed by atoms with Gasteiger partial charge in [-0.1, -0.05) is 6.92 Å². The summed E-state index contributed by atoms with van der Waals surface area (Å²) in [5.74, 6) is -1.24. The Kier molecular flexibility index (Phi) is 6.98. The van der Waals surface area contributed by atoms with Crippen LogP contribution in [0.1, 0.15) is 39.5 Å². The van der Waals surface area contributed by atoms with Crippen molar-refractivity contribution in [2.75, 3.05) is 19.6 Å². The fraction of sp³-hybridized carbons (Fsp3) is 0.786. The molecule has 0 aromatic rings. The number of hydrogen-bond donors (Lipinski definition) is 3. The second-order valence-corrected chi connectivity index (χ2v) is 5.43. The lowest BCUT2D eigenvalue weighted by atomic mass is 9.92. The van der Waals surface area contributed by atoms with Crippen LogP contribution < -0.4 is 10.6 Å². The van der Waals surface area contributed by atoms with Crippen LogP contribution in [-0.2, 0) is 9.59 Å². The van der Waals surface area contributed by atoms with Gasteiger partial charge in [-0.25, -0.2) is 4.79 Å². The van der Waals surface area contributed by atoms with E-state index in [4.69, 9.17) is 5.11 Å². The molecular formula is C14H25N3O4. The molecule has 0 aliphatic carbocycles. The van der Waals surface area contributed by atoms with Crippen LogP contribution in [0.25, 0.3) is 0 Å². The monoisotopic (exact) mass is 299 g/mol. The smallest absolute Gasteiger partial charge is 0.317 e. The average molecular weight is 299 g/mol. The number of nitrogens with one attached hydrogen (secondary N) is 2. The van der Waals surface area contributed by atoms with Gasteiger partial charge in [0.1, 0.15) is 0 Å². The number of aliphatic carboxylic acids is 1. The minimum absolute atomic E-state index is 0.0743. The van der Waals surface area contributed by atoms with Crippen molar-refractivity contribution in [3.05, 3.63) is 0 Å². The molecule has 1 saturated heterocycles. The van der Waals surface area contributed by atoms with Crippen LogP contribution in [0.4, 0.5) is 4.79 Å². The number of carboxylic acid groups (broad SMARTS) is 1.